The average Bonchev–Trinajstić information content (AvgIpc) is 2.10. The first-order chi connectivity index (χ1) is 5.91. The third-order valence-electron chi connectivity index (χ3n) is 2.16. The molecule has 0 aliphatic heterocycles. The van der Waals surface area contributed by atoms with Crippen LogP contribution in [0.25, 0.3) is 0 Å². The maximum absolute atomic E-state index is 3.48. The van der Waals surface area contributed by atoms with Gasteiger partial charge in [-0.1, -0.05) is 46.0 Å². The molecule has 0 saturated carbocycles. The zero-order valence-corrected chi connectivity index (χ0v) is 8.86. The molecule has 0 atom stereocenters. The minimum atomic E-state index is 1.22. The van der Waals surface area contributed by atoms with E-state index in [1.807, 2.05) is 0 Å². The highest BCUT2D eigenvalue weighted by atomic mass is 14.8. The molecule has 1 nitrogen and oxygen atoms in total. The van der Waals surface area contributed by atoms with Crippen LogP contribution in [-0.2, 0) is 0 Å². The van der Waals surface area contributed by atoms with Crippen LogP contribution in [0.4, 0.5) is 0 Å². The smallest absolute Gasteiger partial charge is 0.00489 e. The van der Waals surface area contributed by atoms with Crippen LogP contribution in [0.3, 0.4) is 0 Å². The van der Waals surface area contributed by atoms with Crippen molar-refractivity contribution in [1.82, 2.24) is 5.32 Å². The highest BCUT2D eigenvalue weighted by molar-refractivity contribution is 4.48. The van der Waals surface area contributed by atoms with E-state index in [9.17, 15) is 0 Å². The van der Waals surface area contributed by atoms with Crippen molar-refractivity contribution in [2.24, 2.45) is 0 Å². The van der Waals surface area contributed by atoms with Crippen LogP contribution < -0.4 is 5.32 Å². The third-order valence-corrected chi connectivity index (χ3v) is 2.16. The van der Waals surface area contributed by atoms with Gasteiger partial charge in [0.1, 0.15) is 0 Å². The largest absolute Gasteiger partial charge is 0.317 e. The average molecular weight is 171 g/mol. The molecule has 0 amide bonds. The van der Waals surface area contributed by atoms with Crippen LogP contribution in [0.5, 0.6) is 0 Å². The summed E-state index contributed by atoms with van der Waals surface area (Å²) in [6.45, 7) is 6.96. The van der Waals surface area contributed by atoms with Crippen molar-refractivity contribution in [3.05, 3.63) is 0 Å². The molecule has 0 rings (SSSR count). The lowest BCUT2D eigenvalue weighted by atomic mass is 10.2. The lowest BCUT2D eigenvalue weighted by Gasteiger charge is -2.02. The number of hydrogen-bond donors (Lipinski definition) is 1. The fourth-order valence-electron chi connectivity index (χ4n) is 1.30. The molecule has 0 fully saturated rings. The Morgan fingerprint density at radius 2 is 1.17 bits per heavy atom. The van der Waals surface area contributed by atoms with E-state index in [1.165, 1.54) is 58.0 Å². The van der Waals surface area contributed by atoms with Crippen molar-refractivity contribution in [2.45, 2.75) is 58.8 Å². The van der Waals surface area contributed by atoms with Gasteiger partial charge in [0, 0.05) is 0 Å². The van der Waals surface area contributed by atoms with Gasteiger partial charge in [-0.25, -0.2) is 0 Å². The normalized spacial score (nSPS) is 10.5. The summed E-state index contributed by atoms with van der Waals surface area (Å²) in [5, 5.41) is 3.48. The highest BCUT2D eigenvalue weighted by Gasteiger charge is 1.88. The van der Waals surface area contributed by atoms with Gasteiger partial charge in [-0.2, -0.15) is 0 Å². The van der Waals surface area contributed by atoms with E-state index in [-0.39, 0.29) is 0 Å². The van der Waals surface area contributed by atoms with Crippen molar-refractivity contribution < 1.29 is 0 Å². The lowest BCUT2D eigenvalue weighted by Crippen LogP contribution is -2.16. The molecule has 0 bridgehead atoms. The molecule has 0 aromatic carbocycles. The maximum Gasteiger partial charge on any atom is -0.00489 e. The molecule has 0 unspecified atom stereocenters. The molecule has 1 N–H and O–H groups in total. The van der Waals surface area contributed by atoms with Crippen LogP contribution in [0, 0.1) is 0 Å². The van der Waals surface area contributed by atoms with Crippen LogP contribution in [-0.4, -0.2) is 13.1 Å². The third kappa shape index (κ3) is 9.96. The van der Waals surface area contributed by atoms with Crippen LogP contribution in [0.2, 0.25) is 0 Å². The van der Waals surface area contributed by atoms with E-state index in [0.29, 0.717) is 0 Å². The van der Waals surface area contributed by atoms with Gasteiger partial charge >= 0.3 is 0 Å². The van der Waals surface area contributed by atoms with Crippen LogP contribution in [0.1, 0.15) is 58.8 Å². The molecule has 0 aliphatic carbocycles. The zero-order valence-electron chi connectivity index (χ0n) is 8.86. The lowest BCUT2D eigenvalue weighted by molar-refractivity contribution is 0.572. The standard InChI is InChI=1S/C11H25N/c1-3-5-7-9-11-12-10-8-6-4-2/h12H,3-11H2,1-2H3. The van der Waals surface area contributed by atoms with E-state index in [2.05, 4.69) is 19.2 Å². The molecular weight excluding hydrogens is 146 g/mol. The second-order valence-electron chi connectivity index (χ2n) is 3.52. The van der Waals surface area contributed by atoms with Crippen molar-refractivity contribution in [3.63, 3.8) is 0 Å². The zero-order chi connectivity index (χ0) is 9.07. The minimum Gasteiger partial charge on any atom is -0.317 e. The summed E-state index contributed by atoms with van der Waals surface area (Å²) in [4.78, 5) is 0. The van der Waals surface area contributed by atoms with Gasteiger partial charge < -0.3 is 5.32 Å². The first kappa shape index (κ1) is 12.0. The maximum atomic E-state index is 3.48. The topological polar surface area (TPSA) is 12.0 Å². The summed E-state index contributed by atoms with van der Waals surface area (Å²) in [6.07, 6.45) is 9.56. The Balaban J connectivity index is 2.73. The Hall–Kier alpha value is -0.0400. The molecule has 1 heteroatoms. The SMILES string of the molecule is CCCCCCNCCCCC. The molecule has 0 spiro atoms. The molecule has 74 valence electrons. The van der Waals surface area contributed by atoms with Crippen molar-refractivity contribution >= 4 is 0 Å². The van der Waals surface area contributed by atoms with Crippen LogP contribution >= 0.6 is 0 Å². The van der Waals surface area contributed by atoms with Gasteiger partial charge in [-0.15, -0.1) is 0 Å². The van der Waals surface area contributed by atoms with Gasteiger partial charge in [0.2, 0.25) is 0 Å². The number of rotatable bonds is 9. The first-order valence-electron chi connectivity index (χ1n) is 5.62. The van der Waals surface area contributed by atoms with E-state index < -0.39 is 0 Å². The Morgan fingerprint density at radius 1 is 0.667 bits per heavy atom. The molecule has 0 saturated heterocycles. The van der Waals surface area contributed by atoms with Gasteiger partial charge in [0.05, 0.1) is 0 Å². The van der Waals surface area contributed by atoms with Crippen LogP contribution in [0.15, 0.2) is 0 Å². The Bertz CT molecular complexity index is 61.4. The Kier molecular flexibility index (Phi) is 10.9. The quantitative estimate of drug-likeness (QED) is 0.525. The number of nitrogens with one attached hydrogen (secondary N) is 1. The Morgan fingerprint density at radius 3 is 1.75 bits per heavy atom. The second kappa shape index (κ2) is 11.0. The second-order valence-corrected chi connectivity index (χ2v) is 3.52. The summed E-state index contributed by atoms with van der Waals surface area (Å²) >= 11 is 0. The fourth-order valence-corrected chi connectivity index (χ4v) is 1.30. The van der Waals surface area contributed by atoms with Gasteiger partial charge in [0.25, 0.3) is 0 Å². The predicted octanol–water partition coefficient (Wildman–Crippen LogP) is 3.35. The molecular formula is C11H25N. The van der Waals surface area contributed by atoms with E-state index in [0.717, 1.165) is 0 Å². The Labute approximate surface area is 77.9 Å². The molecule has 0 aromatic rings. The van der Waals surface area contributed by atoms with Gasteiger partial charge in [-0.05, 0) is 25.9 Å². The number of hydrogen-bond acceptors (Lipinski definition) is 1. The predicted molar refractivity (Wildman–Crippen MR) is 56.5 cm³/mol. The minimum absolute atomic E-state index is 1.22. The number of unbranched alkanes of at least 4 members (excludes halogenated alkanes) is 5. The van der Waals surface area contributed by atoms with E-state index in [4.69, 9.17) is 0 Å². The summed E-state index contributed by atoms with van der Waals surface area (Å²) < 4.78 is 0. The summed E-state index contributed by atoms with van der Waals surface area (Å²) in [6, 6.07) is 0. The van der Waals surface area contributed by atoms with Gasteiger partial charge in [-0.3, -0.25) is 0 Å². The molecule has 0 aliphatic rings. The molecule has 12 heavy (non-hydrogen) atoms. The molecule has 0 radical (unpaired) electrons. The van der Waals surface area contributed by atoms with Crippen molar-refractivity contribution in [2.75, 3.05) is 13.1 Å². The highest BCUT2D eigenvalue weighted by Crippen LogP contribution is 1.97. The summed E-state index contributed by atoms with van der Waals surface area (Å²) in [5.74, 6) is 0. The van der Waals surface area contributed by atoms with E-state index in [1.54, 1.807) is 0 Å². The summed E-state index contributed by atoms with van der Waals surface area (Å²) in [5.41, 5.74) is 0. The van der Waals surface area contributed by atoms with Crippen molar-refractivity contribution in [1.29, 1.82) is 0 Å². The first-order valence-corrected chi connectivity index (χ1v) is 5.62. The monoisotopic (exact) mass is 171 g/mol. The molecule has 0 aromatic heterocycles. The van der Waals surface area contributed by atoms with Gasteiger partial charge in [0.15, 0.2) is 0 Å². The summed E-state index contributed by atoms with van der Waals surface area (Å²) in [7, 11) is 0. The van der Waals surface area contributed by atoms with E-state index >= 15 is 0 Å². The molecule has 0 heterocycles. The fraction of sp³-hybridized carbons (Fsp3) is 1.00. The van der Waals surface area contributed by atoms with Crippen molar-refractivity contribution in [3.8, 4) is 0 Å².